The smallest absolute Gasteiger partial charge is 0.321 e. The molecule has 250 valence electrons. The first-order chi connectivity index (χ1) is 23.4. The average molecular weight is 649 g/mol. The van der Waals surface area contributed by atoms with Gasteiger partial charge in [0, 0.05) is 51.4 Å². The summed E-state index contributed by atoms with van der Waals surface area (Å²) in [6.45, 7) is 1.84. The lowest BCUT2D eigenvalue weighted by Crippen LogP contribution is -2.50. The number of aliphatic hydroxyl groups is 2. The van der Waals surface area contributed by atoms with Crippen molar-refractivity contribution < 1.29 is 24.5 Å². The van der Waals surface area contributed by atoms with Crippen LogP contribution in [0.1, 0.15) is 33.4 Å². The summed E-state index contributed by atoms with van der Waals surface area (Å²) in [4.78, 5) is 18.6. The van der Waals surface area contributed by atoms with Crippen molar-refractivity contribution in [3.05, 3.63) is 118 Å². The molecule has 0 unspecified atom stereocenters. The summed E-state index contributed by atoms with van der Waals surface area (Å²) < 4.78 is 11.5. The van der Waals surface area contributed by atoms with Crippen molar-refractivity contribution in [2.45, 2.75) is 63.1 Å². The minimum atomic E-state index is -1.21. The fraction of sp³-hybridized carbons (Fsp3) is 0.359. The highest BCUT2D eigenvalue weighted by molar-refractivity contribution is 5.76. The van der Waals surface area contributed by atoms with Gasteiger partial charge in [0.1, 0.15) is 23.7 Å². The Morgan fingerprint density at radius 3 is 1.54 bits per heavy atom. The summed E-state index contributed by atoms with van der Waals surface area (Å²) in [7, 11) is 3.74. The van der Waals surface area contributed by atoms with E-state index in [2.05, 4.69) is 22.8 Å². The van der Waals surface area contributed by atoms with Gasteiger partial charge in [-0.05, 0) is 82.6 Å². The number of carbonyl (C=O) groups is 1. The quantitative estimate of drug-likeness (QED) is 0.191. The van der Waals surface area contributed by atoms with Crippen LogP contribution in [0.2, 0.25) is 0 Å². The highest BCUT2D eigenvalue weighted by Gasteiger charge is 2.46. The summed E-state index contributed by atoms with van der Waals surface area (Å²) in [5.74, 6) is 1.76. The SMILES string of the molecule is CNc1cccc(CN2C(=O)N(Cc3cccc(NC)c3)[C@H](Cc3ccc4c(c3)CCO4)[C@H](O)[C@@H](O)[C@H]2Cc2ccc3c(c2)CCO3)c1. The maximum atomic E-state index is 15.1. The van der Waals surface area contributed by atoms with E-state index in [9.17, 15) is 10.2 Å². The van der Waals surface area contributed by atoms with Gasteiger partial charge in [0.2, 0.25) is 0 Å². The molecule has 9 heteroatoms. The van der Waals surface area contributed by atoms with Gasteiger partial charge in [-0.3, -0.25) is 0 Å². The third-order valence-corrected chi connectivity index (χ3v) is 9.96. The number of amides is 2. The van der Waals surface area contributed by atoms with Crippen molar-refractivity contribution >= 4 is 17.4 Å². The molecular formula is C39H44N4O5. The van der Waals surface area contributed by atoms with Crippen molar-refractivity contribution in [2.75, 3.05) is 37.9 Å². The van der Waals surface area contributed by atoms with Gasteiger partial charge < -0.3 is 40.1 Å². The summed E-state index contributed by atoms with van der Waals surface area (Å²) in [5.41, 5.74) is 7.96. The number of nitrogens with zero attached hydrogens (tertiary/aromatic N) is 2. The first-order valence-electron chi connectivity index (χ1n) is 16.9. The van der Waals surface area contributed by atoms with E-state index >= 15 is 4.79 Å². The summed E-state index contributed by atoms with van der Waals surface area (Å²) >= 11 is 0. The van der Waals surface area contributed by atoms with Gasteiger partial charge in [0.15, 0.2) is 0 Å². The van der Waals surface area contributed by atoms with Crippen LogP contribution in [-0.4, -0.2) is 77.6 Å². The molecule has 2 amide bonds. The van der Waals surface area contributed by atoms with Crippen LogP contribution in [0.4, 0.5) is 16.2 Å². The number of benzene rings is 4. The molecule has 1 fully saturated rings. The highest BCUT2D eigenvalue weighted by atomic mass is 16.5. The Bertz CT molecular complexity index is 1650. The van der Waals surface area contributed by atoms with Crippen LogP contribution >= 0.6 is 0 Å². The molecule has 3 aliphatic heterocycles. The molecular weight excluding hydrogens is 604 g/mol. The molecule has 0 aliphatic carbocycles. The molecule has 4 atom stereocenters. The van der Waals surface area contributed by atoms with Crippen LogP contribution in [0.5, 0.6) is 11.5 Å². The summed E-state index contributed by atoms with van der Waals surface area (Å²) in [5, 5.41) is 30.7. The Morgan fingerprint density at radius 2 is 1.10 bits per heavy atom. The van der Waals surface area contributed by atoms with E-state index in [1.165, 1.54) is 0 Å². The van der Waals surface area contributed by atoms with Gasteiger partial charge in [-0.1, -0.05) is 48.5 Å². The number of hydrogen-bond acceptors (Lipinski definition) is 7. The van der Waals surface area contributed by atoms with E-state index in [4.69, 9.17) is 9.47 Å². The lowest BCUT2D eigenvalue weighted by Gasteiger charge is -2.36. The van der Waals surface area contributed by atoms with E-state index in [0.29, 0.717) is 26.1 Å². The van der Waals surface area contributed by atoms with Crippen molar-refractivity contribution in [3.8, 4) is 11.5 Å². The number of ether oxygens (including phenoxy) is 2. The van der Waals surface area contributed by atoms with E-state index in [0.717, 1.165) is 69.1 Å². The lowest BCUT2D eigenvalue weighted by atomic mass is 9.90. The zero-order valence-electron chi connectivity index (χ0n) is 27.6. The molecule has 48 heavy (non-hydrogen) atoms. The monoisotopic (exact) mass is 648 g/mol. The number of anilines is 2. The maximum Gasteiger partial charge on any atom is 0.321 e. The molecule has 0 spiro atoms. The van der Waals surface area contributed by atoms with Gasteiger partial charge in [-0.2, -0.15) is 0 Å². The van der Waals surface area contributed by atoms with Gasteiger partial charge in [0.25, 0.3) is 0 Å². The zero-order chi connectivity index (χ0) is 33.2. The average Bonchev–Trinajstić information content (AvgIpc) is 3.78. The first-order valence-corrected chi connectivity index (χ1v) is 16.9. The summed E-state index contributed by atoms with van der Waals surface area (Å²) in [6, 6.07) is 26.5. The number of urea groups is 1. The van der Waals surface area contributed by atoms with E-state index in [1.54, 1.807) is 9.80 Å². The van der Waals surface area contributed by atoms with Crippen molar-refractivity contribution in [1.82, 2.24) is 9.80 Å². The second-order valence-electron chi connectivity index (χ2n) is 13.0. The number of aliphatic hydroxyl groups excluding tert-OH is 2. The Labute approximate surface area is 282 Å². The fourth-order valence-electron chi connectivity index (χ4n) is 7.36. The number of carbonyl (C=O) groups excluding carboxylic acids is 1. The van der Waals surface area contributed by atoms with Crippen LogP contribution in [0.3, 0.4) is 0 Å². The lowest BCUT2D eigenvalue weighted by molar-refractivity contribution is -0.0408. The zero-order valence-corrected chi connectivity index (χ0v) is 27.6. The molecule has 0 radical (unpaired) electrons. The number of nitrogens with one attached hydrogen (secondary N) is 2. The molecule has 3 heterocycles. The standard InChI is InChI=1S/C39H44N4O5/c1-40-31-7-3-5-27(19-31)23-42-33(21-25-9-11-35-29(17-25)13-15-47-35)37(44)38(45)34(22-26-10-12-36-30(18-26)14-16-48-36)43(39(42)46)24-28-6-4-8-32(20-28)41-2/h3-12,17-20,33-34,37-38,40-41,44-45H,13-16,21-24H2,1-2H3/t33-,34-,37+,38+/m1/s1. The molecule has 0 saturated carbocycles. The molecule has 7 rings (SSSR count). The topological polar surface area (TPSA) is 107 Å². The molecule has 4 N–H and O–H groups in total. The molecule has 0 bridgehead atoms. The Morgan fingerprint density at radius 1 is 0.646 bits per heavy atom. The second-order valence-corrected chi connectivity index (χ2v) is 13.0. The van der Waals surface area contributed by atoms with Crippen LogP contribution in [0, 0.1) is 0 Å². The number of hydrogen-bond donors (Lipinski definition) is 4. The maximum absolute atomic E-state index is 15.1. The Kier molecular flexibility index (Phi) is 9.15. The third-order valence-electron chi connectivity index (χ3n) is 9.96. The van der Waals surface area contributed by atoms with Crippen molar-refractivity contribution in [1.29, 1.82) is 0 Å². The predicted molar refractivity (Wildman–Crippen MR) is 187 cm³/mol. The Balaban J connectivity index is 1.30. The third kappa shape index (κ3) is 6.53. The minimum absolute atomic E-state index is 0.223. The molecule has 4 aromatic rings. The predicted octanol–water partition coefficient (Wildman–Crippen LogP) is 5.02. The Hall–Kier alpha value is -4.73. The fourth-order valence-corrected chi connectivity index (χ4v) is 7.36. The van der Waals surface area contributed by atoms with E-state index in [-0.39, 0.29) is 19.1 Å². The van der Waals surface area contributed by atoms with Crippen molar-refractivity contribution in [3.63, 3.8) is 0 Å². The second kappa shape index (κ2) is 13.8. The molecule has 0 aromatic heterocycles. The van der Waals surface area contributed by atoms with Crippen LogP contribution in [0.15, 0.2) is 84.9 Å². The first kappa shape index (κ1) is 31.8. The van der Waals surface area contributed by atoms with Gasteiger partial charge in [-0.15, -0.1) is 0 Å². The molecule has 3 aliphatic rings. The van der Waals surface area contributed by atoms with Gasteiger partial charge >= 0.3 is 6.03 Å². The molecule has 4 aromatic carbocycles. The van der Waals surface area contributed by atoms with Gasteiger partial charge in [0.05, 0.1) is 25.3 Å². The highest BCUT2D eigenvalue weighted by Crippen LogP contribution is 2.34. The van der Waals surface area contributed by atoms with Crippen molar-refractivity contribution in [2.24, 2.45) is 0 Å². The molecule has 1 saturated heterocycles. The minimum Gasteiger partial charge on any atom is -0.493 e. The largest absolute Gasteiger partial charge is 0.493 e. The van der Waals surface area contributed by atoms with Crippen LogP contribution in [-0.2, 0) is 38.8 Å². The van der Waals surface area contributed by atoms with Gasteiger partial charge in [-0.25, -0.2) is 4.79 Å². The van der Waals surface area contributed by atoms with E-state index in [1.807, 2.05) is 86.9 Å². The number of fused-ring (bicyclic) bond motifs is 2. The van der Waals surface area contributed by atoms with Crippen LogP contribution < -0.4 is 20.1 Å². The summed E-state index contributed by atoms with van der Waals surface area (Å²) in [6.07, 6.45) is 0.00587. The normalized spacial score (nSPS) is 21.6. The van der Waals surface area contributed by atoms with Crippen LogP contribution in [0.25, 0.3) is 0 Å². The molecule has 9 nitrogen and oxygen atoms in total. The van der Waals surface area contributed by atoms with E-state index < -0.39 is 24.3 Å². The number of rotatable bonds is 10.